The number of Topliss-reactive ketones (excluding diaryl/α,β-unsaturated/α-hetero) is 1. The number of nitrogens with one attached hydrogen (secondary N) is 2. The number of nitrogens with zero attached hydrogens (tertiary/aromatic N) is 10. The molecule has 22 heteroatoms. The zero-order chi connectivity index (χ0) is 59.9. The Morgan fingerprint density at radius 2 is 0.890 bits per heavy atom. The van der Waals surface area contributed by atoms with Gasteiger partial charge in [0.05, 0.1) is 71.6 Å². The normalized spacial score (nSPS) is 11.5. The van der Waals surface area contributed by atoms with Gasteiger partial charge >= 0.3 is 5.69 Å². The van der Waals surface area contributed by atoms with Crippen LogP contribution in [-0.2, 0) is 28.2 Å². The molecule has 18 nitrogen and oxygen atoms in total. The summed E-state index contributed by atoms with van der Waals surface area (Å²) < 4.78 is 57.8. The van der Waals surface area contributed by atoms with Crippen LogP contribution in [0.5, 0.6) is 0 Å². The van der Waals surface area contributed by atoms with Crippen LogP contribution in [-0.4, -0.2) is 54.8 Å². The van der Waals surface area contributed by atoms with E-state index in [9.17, 15) is 42.6 Å². The maximum absolute atomic E-state index is 13.3. The van der Waals surface area contributed by atoms with Gasteiger partial charge in [0.2, 0.25) is 5.82 Å². The lowest BCUT2D eigenvalue weighted by Gasteiger charge is -2.17. The third-order valence-electron chi connectivity index (χ3n) is 13.5. The molecule has 4 N–H and O–H groups in total. The fourth-order valence-electron chi connectivity index (χ4n) is 9.24. The second kappa shape index (κ2) is 25.4. The highest BCUT2D eigenvalue weighted by atomic mass is 19.1. The number of halogens is 4. The quantitative estimate of drug-likeness (QED) is 0.0403. The van der Waals surface area contributed by atoms with E-state index in [1.807, 2.05) is 108 Å². The van der Waals surface area contributed by atoms with Gasteiger partial charge in [-0.25, -0.2) is 13.2 Å². The molecule has 0 saturated heterocycles. The molecule has 0 bridgehead atoms. The Labute approximate surface area is 469 Å². The summed E-state index contributed by atoms with van der Waals surface area (Å²) in [6, 6.07) is 37.7. The van der Waals surface area contributed by atoms with Crippen LogP contribution in [0.25, 0.3) is 43.6 Å². The molecule has 0 aliphatic rings. The van der Waals surface area contributed by atoms with E-state index in [2.05, 4.69) is 56.2 Å². The van der Waals surface area contributed by atoms with Crippen LogP contribution in [0, 0.1) is 71.2 Å². The average molecular weight is 1120 g/mol. The maximum atomic E-state index is 13.3. The molecule has 0 amide bonds. The summed E-state index contributed by atoms with van der Waals surface area (Å²) in [6.45, 7) is 12.8. The van der Waals surface area contributed by atoms with Crippen LogP contribution < -0.4 is 16.4 Å². The summed E-state index contributed by atoms with van der Waals surface area (Å²) in [5, 5.41) is 49.2. The van der Waals surface area contributed by atoms with Gasteiger partial charge in [-0.3, -0.25) is 43.8 Å². The molecule has 0 saturated carbocycles. The smallest absolute Gasteiger partial charge is 0.305 e. The molecule has 0 spiro atoms. The minimum atomic E-state index is -0.838. The molecule has 0 unspecified atom stereocenters. The predicted molar refractivity (Wildman–Crippen MR) is 313 cm³/mol. The monoisotopic (exact) mass is 1120 g/mol. The summed E-state index contributed by atoms with van der Waals surface area (Å²) in [7, 11) is 7.27. The van der Waals surface area contributed by atoms with Crippen LogP contribution in [0.4, 0.5) is 46.0 Å². The molecule has 7 aromatic carbocycles. The minimum absolute atomic E-state index is 0.0401. The van der Waals surface area contributed by atoms with Crippen LogP contribution in [0.15, 0.2) is 133 Å². The molecular weight excluding hydrogens is 1060 g/mol. The van der Waals surface area contributed by atoms with Crippen molar-refractivity contribution in [3.63, 3.8) is 0 Å². The molecule has 4 aromatic heterocycles. The highest BCUT2D eigenvalue weighted by Crippen LogP contribution is 2.35. The van der Waals surface area contributed by atoms with E-state index in [4.69, 9.17) is 5.73 Å². The van der Waals surface area contributed by atoms with Gasteiger partial charge < -0.3 is 16.4 Å². The number of aryl methyl sites for hydroxylation is 8. The predicted octanol–water partition coefficient (Wildman–Crippen LogP) is 13.7. The zero-order valence-corrected chi connectivity index (χ0v) is 47.0. The number of aromatic nitrogens is 8. The van der Waals surface area contributed by atoms with Gasteiger partial charge in [0.1, 0.15) is 23.1 Å². The van der Waals surface area contributed by atoms with Crippen LogP contribution in [0.2, 0.25) is 0 Å². The van der Waals surface area contributed by atoms with E-state index in [1.54, 1.807) is 41.5 Å². The summed E-state index contributed by atoms with van der Waals surface area (Å²) in [6.07, 6.45) is 0. The molecule has 11 rings (SSSR count). The van der Waals surface area contributed by atoms with Crippen molar-refractivity contribution in [2.75, 3.05) is 16.4 Å². The largest absolute Gasteiger partial charge is 0.397 e. The van der Waals surface area contributed by atoms with Gasteiger partial charge in [0.15, 0.2) is 5.78 Å². The third kappa shape index (κ3) is 13.7. The molecule has 82 heavy (non-hydrogen) atoms. The number of nitrogens with two attached hydrogens (primary N) is 1. The summed E-state index contributed by atoms with van der Waals surface area (Å²) in [4.78, 5) is 31.5. The lowest BCUT2D eigenvalue weighted by Crippen LogP contribution is -2.08. The number of benzene rings is 7. The Bertz CT molecular complexity index is 4140. The SMILES string of the molecule is CC(=O)c1ccc(F)cc1F.Cc1nn(C)c2cc(F)c([N+](=O)[O-])cc12.Cc1nn(C)c2cc(F)ccc12.Cc1nn(C)c2cc(N[C@@H](C)c3ccccc3)c(N)cc12.Cc1nn(C)c2cc(N[C@@H](C)c3ccccc3)c([N+](=O)[O-])cc12. The van der Waals surface area contributed by atoms with E-state index < -0.39 is 33.8 Å². The van der Waals surface area contributed by atoms with E-state index in [0.29, 0.717) is 28.4 Å². The number of ketones is 1. The van der Waals surface area contributed by atoms with Crippen LogP contribution >= 0.6 is 0 Å². The topological polar surface area (TPSA) is 225 Å². The summed E-state index contributed by atoms with van der Waals surface area (Å²) in [5.41, 5.74) is 16.9. The molecule has 2 atom stereocenters. The second-order valence-corrected chi connectivity index (χ2v) is 19.4. The molecule has 424 valence electrons. The van der Waals surface area contributed by atoms with Crippen LogP contribution in [0.1, 0.15) is 77.1 Å². The Morgan fingerprint density at radius 3 is 1.35 bits per heavy atom. The van der Waals surface area contributed by atoms with Gasteiger partial charge in [-0.2, -0.15) is 24.8 Å². The summed E-state index contributed by atoms with van der Waals surface area (Å²) >= 11 is 0. The van der Waals surface area contributed by atoms with Crippen molar-refractivity contribution in [2.24, 2.45) is 28.2 Å². The van der Waals surface area contributed by atoms with Gasteiger partial charge in [-0.15, -0.1) is 0 Å². The average Bonchev–Trinajstić information content (AvgIpc) is 4.30. The number of hydrogen-bond donors (Lipinski definition) is 3. The third-order valence-corrected chi connectivity index (χ3v) is 13.5. The first-order chi connectivity index (χ1) is 38.8. The summed E-state index contributed by atoms with van der Waals surface area (Å²) in [5.74, 6) is -2.94. The number of hydrogen-bond acceptors (Lipinski definition) is 12. The van der Waals surface area contributed by atoms with Crippen molar-refractivity contribution in [2.45, 2.75) is 60.5 Å². The molecular formula is C60H61F4N13O5. The minimum Gasteiger partial charge on any atom is -0.397 e. The maximum Gasteiger partial charge on any atom is 0.305 e. The van der Waals surface area contributed by atoms with Crippen LogP contribution in [0.3, 0.4) is 0 Å². The lowest BCUT2D eigenvalue weighted by atomic mass is 10.1. The number of carbonyl (C=O) groups is 1. The number of nitro benzene ring substituents is 2. The molecule has 0 aliphatic carbocycles. The van der Waals surface area contributed by atoms with Crippen molar-refractivity contribution in [1.29, 1.82) is 0 Å². The van der Waals surface area contributed by atoms with Crippen molar-refractivity contribution >= 4 is 77.8 Å². The first-order valence-corrected chi connectivity index (χ1v) is 25.6. The number of fused-ring (bicyclic) bond motifs is 4. The lowest BCUT2D eigenvalue weighted by molar-refractivity contribution is -0.387. The van der Waals surface area contributed by atoms with Gasteiger partial charge in [-0.05, 0) is 108 Å². The Morgan fingerprint density at radius 1 is 0.500 bits per heavy atom. The van der Waals surface area contributed by atoms with E-state index in [1.165, 1.54) is 35.4 Å². The standard InChI is InChI=1S/C17H18N4O2.C17H20N4.C9H8FN3O2.C9H9FN2.C8H6F2O/c1-11(13-7-5-4-6-8-13)18-15-10-16-14(9-17(15)21(22)23)12(2)19-20(16)3;1-11(13-7-5-4-6-8-13)19-16-10-17-14(9-15(16)18)12(2)20-21(17)3;1-5-6-3-9(13(14)15)7(10)4-8(6)12(2)11-5;1-6-8-4-3-7(10)5-9(8)12(2)11-6;1-5(11)7-3-2-6(9)4-8(7)10/h4-11,18H,1-3H3;4-11,19H,18H2,1-3H3;3-4H,1-2H3;3-5H,1-2H3;2-4H,1H3/t2*11-;;;/m00.../s1. The number of rotatable bonds is 9. The highest BCUT2D eigenvalue weighted by Gasteiger charge is 2.21. The van der Waals surface area contributed by atoms with Crippen molar-refractivity contribution in [3.8, 4) is 0 Å². The van der Waals surface area contributed by atoms with Crippen molar-refractivity contribution < 1.29 is 32.2 Å². The van der Waals surface area contributed by atoms with Crippen molar-refractivity contribution in [1.82, 2.24) is 39.1 Å². The molecule has 0 fully saturated rings. The second-order valence-electron chi connectivity index (χ2n) is 19.4. The number of carbonyl (C=O) groups excluding carboxylic acids is 1. The van der Waals surface area contributed by atoms with Crippen molar-refractivity contribution in [3.05, 3.63) is 216 Å². The molecule has 11 aromatic rings. The number of anilines is 3. The Balaban J connectivity index is 0.000000152. The fourth-order valence-corrected chi connectivity index (χ4v) is 9.24. The molecule has 0 aliphatic heterocycles. The number of nitro groups is 2. The number of nitrogen functional groups attached to an aromatic ring is 1. The van der Waals surface area contributed by atoms with Gasteiger partial charge in [0.25, 0.3) is 5.69 Å². The first-order valence-electron chi connectivity index (χ1n) is 25.6. The fraction of sp³-hybridized carbons (Fsp3) is 0.217. The van der Waals surface area contributed by atoms with Gasteiger partial charge in [-0.1, -0.05) is 60.7 Å². The van der Waals surface area contributed by atoms with E-state index >= 15 is 0 Å². The van der Waals surface area contributed by atoms with E-state index in [0.717, 1.165) is 84.9 Å². The Kier molecular flexibility index (Phi) is 18.5. The zero-order valence-electron chi connectivity index (χ0n) is 47.0. The van der Waals surface area contributed by atoms with E-state index in [-0.39, 0.29) is 34.1 Å². The first kappa shape index (κ1) is 59.7. The molecule has 0 radical (unpaired) electrons. The van der Waals surface area contributed by atoms with Gasteiger partial charge in [0, 0.05) is 86.1 Å². The Hall–Kier alpha value is -9.99. The highest BCUT2D eigenvalue weighted by molar-refractivity contribution is 5.94. The molecule has 4 heterocycles.